The number of amidine groups is 1. The van der Waals surface area contributed by atoms with Crippen molar-refractivity contribution < 1.29 is 4.92 Å². The summed E-state index contributed by atoms with van der Waals surface area (Å²) in [5.41, 5.74) is 9.16. The average molecular weight is 328 g/mol. The predicted molar refractivity (Wildman–Crippen MR) is 98.2 cm³/mol. The molecule has 2 rings (SSSR count). The topological polar surface area (TPSA) is 84.8 Å². The molecule has 0 saturated heterocycles. The zero-order valence-corrected chi connectivity index (χ0v) is 14.6. The molecular weight excluding hydrogens is 304 g/mol. The van der Waals surface area contributed by atoms with Gasteiger partial charge in [-0.05, 0) is 56.9 Å². The molecule has 0 spiro atoms. The van der Waals surface area contributed by atoms with Crippen molar-refractivity contribution in [3.05, 3.63) is 57.4 Å². The van der Waals surface area contributed by atoms with Crippen molar-refractivity contribution in [2.24, 2.45) is 10.7 Å². The molecule has 1 heterocycles. The van der Waals surface area contributed by atoms with Crippen LogP contribution in [0.2, 0.25) is 0 Å². The summed E-state index contributed by atoms with van der Waals surface area (Å²) in [6, 6.07) is 5.14. The van der Waals surface area contributed by atoms with Crippen molar-refractivity contribution in [2.75, 3.05) is 4.90 Å². The van der Waals surface area contributed by atoms with Crippen LogP contribution in [0.4, 0.5) is 11.4 Å². The molecule has 1 aliphatic rings. The molecule has 1 aromatic rings. The lowest BCUT2D eigenvalue weighted by molar-refractivity contribution is -0.384. The molecule has 0 bridgehead atoms. The maximum atomic E-state index is 11.0. The molecule has 6 nitrogen and oxygen atoms in total. The number of nitrogens with zero attached hydrogens (tertiary/aromatic N) is 3. The van der Waals surface area contributed by atoms with E-state index in [9.17, 15) is 10.1 Å². The third-order valence-corrected chi connectivity index (χ3v) is 4.25. The van der Waals surface area contributed by atoms with Crippen LogP contribution in [0.1, 0.15) is 39.7 Å². The Labute approximate surface area is 142 Å². The first-order valence-corrected chi connectivity index (χ1v) is 8.12. The van der Waals surface area contributed by atoms with E-state index < -0.39 is 0 Å². The molecule has 0 amide bonds. The first-order chi connectivity index (χ1) is 11.4. The minimum absolute atomic E-state index is 0.119. The molecule has 0 fully saturated rings. The summed E-state index contributed by atoms with van der Waals surface area (Å²) in [5.74, 6) is 1.27. The van der Waals surface area contributed by atoms with Crippen LogP contribution in [-0.2, 0) is 6.42 Å². The Morgan fingerprint density at radius 2 is 2.25 bits per heavy atom. The molecule has 1 aliphatic heterocycles. The van der Waals surface area contributed by atoms with Gasteiger partial charge in [0.2, 0.25) is 0 Å². The average Bonchev–Trinajstić information content (AvgIpc) is 2.88. The fourth-order valence-corrected chi connectivity index (χ4v) is 2.80. The maximum absolute atomic E-state index is 11.0. The molecule has 128 valence electrons. The van der Waals surface area contributed by atoms with Gasteiger partial charge in [0.05, 0.1) is 4.92 Å². The molecule has 0 aromatic heterocycles. The van der Waals surface area contributed by atoms with E-state index in [0.29, 0.717) is 5.82 Å². The van der Waals surface area contributed by atoms with Gasteiger partial charge in [0.1, 0.15) is 11.7 Å². The Kier molecular flexibility index (Phi) is 5.39. The summed E-state index contributed by atoms with van der Waals surface area (Å²) >= 11 is 0. The highest BCUT2D eigenvalue weighted by Gasteiger charge is 2.30. The summed E-state index contributed by atoms with van der Waals surface area (Å²) in [5, 5.41) is 11.0. The van der Waals surface area contributed by atoms with E-state index in [0.717, 1.165) is 35.5 Å². The molecule has 0 aliphatic carbocycles. The molecule has 1 aromatic carbocycles. The van der Waals surface area contributed by atoms with Crippen LogP contribution in [0.25, 0.3) is 0 Å². The fraction of sp³-hybridized carbons (Fsp3) is 0.389. The van der Waals surface area contributed by atoms with E-state index >= 15 is 0 Å². The number of nitro groups is 1. The SMILES string of the molecule is C\C=C/C(=N\C(N)=C(/C)CC)N1c2ccc([N+](=O)[O-])cc2CC1C. The minimum Gasteiger partial charge on any atom is -0.384 e. The van der Waals surface area contributed by atoms with E-state index in [1.165, 1.54) is 6.07 Å². The van der Waals surface area contributed by atoms with E-state index in [1.807, 2.05) is 32.9 Å². The van der Waals surface area contributed by atoms with Crippen LogP contribution in [-0.4, -0.2) is 16.8 Å². The monoisotopic (exact) mass is 328 g/mol. The van der Waals surface area contributed by atoms with Crippen LogP contribution < -0.4 is 10.6 Å². The third kappa shape index (κ3) is 3.48. The Balaban J connectivity index is 2.50. The molecule has 6 heteroatoms. The van der Waals surface area contributed by atoms with E-state index in [-0.39, 0.29) is 16.7 Å². The molecule has 1 atom stereocenters. The van der Waals surface area contributed by atoms with Gasteiger partial charge < -0.3 is 10.6 Å². The second-order valence-electron chi connectivity index (χ2n) is 5.98. The van der Waals surface area contributed by atoms with Crippen molar-refractivity contribution in [2.45, 2.75) is 46.6 Å². The zero-order chi connectivity index (χ0) is 17.9. The van der Waals surface area contributed by atoms with Gasteiger partial charge in [0, 0.05) is 23.9 Å². The van der Waals surface area contributed by atoms with Crippen LogP contribution in [0.15, 0.2) is 46.7 Å². The number of anilines is 1. The van der Waals surface area contributed by atoms with Crippen molar-refractivity contribution in [3.8, 4) is 0 Å². The van der Waals surface area contributed by atoms with Crippen molar-refractivity contribution >= 4 is 17.2 Å². The van der Waals surface area contributed by atoms with Crippen LogP contribution in [0.5, 0.6) is 0 Å². The maximum Gasteiger partial charge on any atom is 0.269 e. The first kappa shape index (κ1) is 17.7. The predicted octanol–water partition coefficient (Wildman–Crippen LogP) is 3.92. The molecular formula is C18H24N4O2. The summed E-state index contributed by atoms with van der Waals surface area (Å²) < 4.78 is 0. The van der Waals surface area contributed by atoms with E-state index in [2.05, 4.69) is 16.8 Å². The largest absolute Gasteiger partial charge is 0.384 e. The number of non-ortho nitro benzene ring substituents is 1. The highest BCUT2D eigenvalue weighted by atomic mass is 16.6. The van der Waals surface area contributed by atoms with Gasteiger partial charge in [-0.2, -0.15) is 0 Å². The Morgan fingerprint density at radius 1 is 1.54 bits per heavy atom. The van der Waals surface area contributed by atoms with Gasteiger partial charge in [-0.1, -0.05) is 13.0 Å². The van der Waals surface area contributed by atoms with Crippen LogP contribution in [0, 0.1) is 10.1 Å². The van der Waals surface area contributed by atoms with Crippen LogP contribution in [0.3, 0.4) is 0 Å². The number of aliphatic imine (C=N–C) groups is 1. The molecule has 0 saturated carbocycles. The summed E-state index contributed by atoms with van der Waals surface area (Å²) in [6.45, 7) is 8.02. The van der Waals surface area contributed by atoms with E-state index in [1.54, 1.807) is 12.1 Å². The van der Waals surface area contributed by atoms with Gasteiger partial charge in [0.15, 0.2) is 0 Å². The molecule has 1 unspecified atom stereocenters. The van der Waals surface area contributed by atoms with Crippen molar-refractivity contribution in [1.29, 1.82) is 0 Å². The summed E-state index contributed by atoms with van der Waals surface area (Å²) in [6.07, 6.45) is 5.42. The number of nitro benzene ring substituents is 1. The van der Waals surface area contributed by atoms with Gasteiger partial charge in [-0.15, -0.1) is 0 Å². The molecule has 0 radical (unpaired) electrons. The normalized spacial score (nSPS) is 18.8. The minimum atomic E-state index is -0.361. The Morgan fingerprint density at radius 3 is 2.83 bits per heavy atom. The smallest absolute Gasteiger partial charge is 0.269 e. The Hall–Kier alpha value is -2.63. The number of hydrogen-bond donors (Lipinski definition) is 1. The quantitative estimate of drug-likeness (QED) is 0.393. The fourth-order valence-electron chi connectivity index (χ4n) is 2.80. The third-order valence-electron chi connectivity index (χ3n) is 4.25. The lowest BCUT2D eigenvalue weighted by Gasteiger charge is -2.25. The van der Waals surface area contributed by atoms with Crippen LogP contribution >= 0.6 is 0 Å². The van der Waals surface area contributed by atoms with Crippen molar-refractivity contribution in [3.63, 3.8) is 0 Å². The Bertz CT molecular complexity index is 735. The molecule has 2 N–H and O–H groups in total. The van der Waals surface area contributed by atoms with Gasteiger partial charge >= 0.3 is 0 Å². The highest BCUT2D eigenvalue weighted by molar-refractivity contribution is 6.08. The summed E-state index contributed by atoms with van der Waals surface area (Å²) in [4.78, 5) is 17.3. The zero-order valence-electron chi connectivity index (χ0n) is 14.6. The van der Waals surface area contributed by atoms with Gasteiger partial charge in [-0.25, -0.2) is 4.99 Å². The van der Waals surface area contributed by atoms with Gasteiger partial charge in [-0.3, -0.25) is 10.1 Å². The molecule has 24 heavy (non-hydrogen) atoms. The number of nitrogens with two attached hydrogens (primary N) is 1. The number of allylic oxidation sites excluding steroid dienone is 2. The number of rotatable bonds is 4. The van der Waals surface area contributed by atoms with Gasteiger partial charge in [0.25, 0.3) is 5.69 Å². The van der Waals surface area contributed by atoms with Crippen molar-refractivity contribution in [1.82, 2.24) is 0 Å². The highest BCUT2D eigenvalue weighted by Crippen LogP contribution is 2.35. The lowest BCUT2D eigenvalue weighted by Crippen LogP contribution is -2.35. The second kappa shape index (κ2) is 7.29. The second-order valence-corrected chi connectivity index (χ2v) is 5.98. The first-order valence-electron chi connectivity index (χ1n) is 8.12. The number of hydrogen-bond acceptors (Lipinski definition) is 4. The standard InChI is InChI=1S/C18H24N4O2/c1-5-7-17(20-18(19)12(3)6-2)21-13(4)10-14-11-15(22(23)24)8-9-16(14)21/h5,7-9,11,13H,6,10,19H2,1-4H3/b7-5-,18-12+,20-17+. The van der Waals surface area contributed by atoms with E-state index in [4.69, 9.17) is 5.73 Å². The number of fused-ring (bicyclic) bond motifs is 1. The number of benzene rings is 1. The summed E-state index contributed by atoms with van der Waals surface area (Å²) in [7, 11) is 0. The lowest BCUT2D eigenvalue weighted by atomic mass is 10.1.